The molecule has 0 saturated heterocycles. The molecule has 0 spiro atoms. The van der Waals surface area contributed by atoms with Crippen LogP contribution in [0.15, 0.2) is 29.1 Å². The highest BCUT2D eigenvalue weighted by molar-refractivity contribution is 5.97. The Kier molecular flexibility index (Phi) is 2.73. The van der Waals surface area contributed by atoms with Gasteiger partial charge >= 0.3 is 0 Å². The van der Waals surface area contributed by atoms with Gasteiger partial charge in [0.2, 0.25) is 0 Å². The van der Waals surface area contributed by atoms with Crippen LogP contribution in [0, 0.1) is 11.3 Å². The molecule has 0 radical (unpaired) electrons. The molecular weight excluding hydrogens is 220 g/mol. The number of nitrogens with zero attached hydrogens (tertiary/aromatic N) is 1. The Morgan fingerprint density at radius 1 is 1.41 bits per heavy atom. The van der Waals surface area contributed by atoms with E-state index < -0.39 is 11.7 Å². The van der Waals surface area contributed by atoms with Crippen molar-refractivity contribution in [3.8, 4) is 6.07 Å². The number of benzene rings is 1. The van der Waals surface area contributed by atoms with Gasteiger partial charge in [-0.25, -0.2) is 0 Å². The number of pyridine rings is 1. The van der Waals surface area contributed by atoms with Gasteiger partial charge in [-0.2, -0.15) is 5.26 Å². The lowest BCUT2D eigenvalue weighted by Crippen LogP contribution is -2.12. The highest BCUT2D eigenvalue weighted by atomic mass is 16.3. The number of carbonyl (C=O) groups is 1. The van der Waals surface area contributed by atoms with Gasteiger partial charge in [0, 0.05) is 10.9 Å². The molecule has 1 atom stereocenters. The standard InChI is InChI=1S/C12H8N2O3/c13-5-11(16)10-4-9-7(6-15)2-1-3-8(9)12(17)14-10/h1-4,6,11,16H,(H,14,17). The Morgan fingerprint density at radius 3 is 2.82 bits per heavy atom. The molecular formula is C12H8N2O3. The van der Waals surface area contributed by atoms with Crippen LogP contribution in [0.5, 0.6) is 0 Å². The summed E-state index contributed by atoms with van der Waals surface area (Å²) in [5.74, 6) is 0. The number of hydrogen-bond donors (Lipinski definition) is 2. The van der Waals surface area contributed by atoms with Crippen molar-refractivity contribution in [1.82, 2.24) is 4.98 Å². The number of aromatic amines is 1. The van der Waals surface area contributed by atoms with Crippen molar-refractivity contribution < 1.29 is 9.90 Å². The van der Waals surface area contributed by atoms with E-state index in [0.717, 1.165) is 0 Å². The third-order valence-corrected chi connectivity index (χ3v) is 2.49. The molecule has 0 amide bonds. The maximum atomic E-state index is 11.7. The number of aldehydes is 1. The van der Waals surface area contributed by atoms with Crippen molar-refractivity contribution in [3.05, 3.63) is 45.9 Å². The number of H-pyrrole nitrogens is 1. The van der Waals surface area contributed by atoms with E-state index in [1.54, 1.807) is 24.3 Å². The maximum Gasteiger partial charge on any atom is 0.256 e. The first-order chi connectivity index (χ1) is 8.17. The number of aromatic nitrogens is 1. The second-order valence-electron chi connectivity index (χ2n) is 3.51. The van der Waals surface area contributed by atoms with Gasteiger partial charge in [0.15, 0.2) is 12.4 Å². The zero-order chi connectivity index (χ0) is 12.4. The van der Waals surface area contributed by atoms with E-state index in [9.17, 15) is 14.7 Å². The molecule has 0 aliphatic rings. The van der Waals surface area contributed by atoms with Crippen molar-refractivity contribution in [2.45, 2.75) is 6.10 Å². The number of hydrogen-bond acceptors (Lipinski definition) is 4. The molecule has 17 heavy (non-hydrogen) atoms. The molecule has 1 unspecified atom stereocenters. The van der Waals surface area contributed by atoms with E-state index in [4.69, 9.17) is 5.26 Å². The van der Waals surface area contributed by atoms with E-state index in [1.165, 1.54) is 6.07 Å². The van der Waals surface area contributed by atoms with Gasteiger partial charge < -0.3 is 10.1 Å². The molecule has 2 rings (SSSR count). The van der Waals surface area contributed by atoms with Crippen LogP contribution in [0.1, 0.15) is 22.2 Å². The van der Waals surface area contributed by atoms with Gasteiger partial charge in [0.05, 0.1) is 5.69 Å². The number of carbonyl (C=O) groups excluding carboxylic acids is 1. The van der Waals surface area contributed by atoms with Gasteiger partial charge in [-0.3, -0.25) is 9.59 Å². The number of nitriles is 1. The Balaban J connectivity index is 2.84. The van der Waals surface area contributed by atoms with Crippen LogP contribution in [0.4, 0.5) is 0 Å². The van der Waals surface area contributed by atoms with E-state index >= 15 is 0 Å². The molecule has 1 aromatic carbocycles. The van der Waals surface area contributed by atoms with E-state index in [1.807, 2.05) is 0 Å². The lowest BCUT2D eigenvalue weighted by molar-refractivity contribution is 0.112. The van der Waals surface area contributed by atoms with Gasteiger partial charge in [-0.15, -0.1) is 0 Å². The largest absolute Gasteiger partial charge is 0.373 e. The monoisotopic (exact) mass is 228 g/mol. The molecule has 2 aromatic rings. The van der Waals surface area contributed by atoms with Gasteiger partial charge in [-0.1, -0.05) is 12.1 Å². The summed E-state index contributed by atoms with van der Waals surface area (Å²) >= 11 is 0. The summed E-state index contributed by atoms with van der Waals surface area (Å²) in [6.07, 6.45) is -0.781. The number of rotatable bonds is 2. The quantitative estimate of drug-likeness (QED) is 0.589. The summed E-state index contributed by atoms with van der Waals surface area (Å²) in [6, 6.07) is 7.79. The predicted molar refractivity (Wildman–Crippen MR) is 60.5 cm³/mol. The van der Waals surface area contributed by atoms with Crippen LogP contribution in [0.2, 0.25) is 0 Å². The first-order valence-electron chi connectivity index (χ1n) is 4.86. The first kappa shape index (κ1) is 11.0. The van der Waals surface area contributed by atoms with E-state index in [2.05, 4.69) is 4.98 Å². The van der Waals surface area contributed by atoms with Crippen molar-refractivity contribution in [3.63, 3.8) is 0 Å². The Bertz CT molecular complexity index is 682. The van der Waals surface area contributed by atoms with Crippen LogP contribution < -0.4 is 5.56 Å². The third-order valence-electron chi connectivity index (χ3n) is 2.49. The SMILES string of the molecule is N#CC(O)c1cc2c(C=O)cccc2c(=O)[nH]1. The number of aliphatic hydroxyl groups is 1. The second kappa shape index (κ2) is 4.20. The van der Waals surface area contributed by atoms with Gasteiger partial charge in [-0.05, 0) is 17.5 Å². The average Bonchev–Trinajstić information content (AvgIpc) is 2.37. The van der Waals surface area contributed by atoms with Crippen LogP contribution >= 0.6 is 0 Å². The third kappa shape index (κ3) is 1.82. The summed E-state index contributed by atoms with van der Waals surface area (Å²) in [7, 11) is 0. The predicted octanol–water partition coefficient (Wildman–Crippen LogP) is 0.898. The molecule has 5 heteroatoms. The minimum absolute atomic E-state index is 0.0827. The fourth-order valence-electron chi connectivity index (χ4n) is 1.65. The maximum absolute atomic E-state index is 11.7. The van der Waals surface area contributed by atoms with Crippen molar-refractivity contribution in [1.29, 1.82) is 5.26 Å². The number of aliphatic hydroxyl groups excluding tert-OH is 1. The van der Waals surface area contributed by atoms with Crippen molar-refractivity contribution in [2.24, 2.45) is 0 Å². The normalized spacial score (nSPS) is 12.0. The average molecular weight is 228 g/mol. The summed E-state index contributed by atoms with van der Waals surface area (Å²) in [5, 5.41) is 18.7. The molecule has 0 fully saturated rings. The Morgan fingerprint density at radius 2 is 2.18 bits per heavy atom. The minimum atomic E-state index is -1.41. The highest BCUT2D eigenvalue weighted by Crippen LogP contribution is 2.17. The molecule has 5 nitrogen and oxygen atoms in total. The molecule has 0 bridgehead atoms. The molecule has 0 aliphatic heterocycles. The lowest BCUT2D eigenvalue weighted by atomic mass is 10.1. The van der Waals surface area contributed by atoms with E-state index in [0.29, 0.717) is 22.6 Å². The van der Waals surface area contributed by atoms with Crippen LogP contribution in [0.3, 0.4) is 0 Å². The van der Waals surface area contributed by atoms with Gasteiger partial charge in [0.25, 0.3) is 5.56 Å². The first-order valence-corrected chi connectivity index (χ1v) is 4.86. The summed E-state index contributed by atoms with van der Waals surface area (Å²) in [5.41, 5.74) is -0.00482. The fraction of sp³-hybridized carbons (Fsp3) is 0.0833. The summed E-state index contributed by atoms with van der Waals surface area (Å²) in [6.45, 7) is 0. The fourth-order valence-corrected chi connectivity index (χ4v) is 1.65. The molecule has 2 N–H and O–H groups in total. The van der Waals surface area contributed by atoms with Gasteiger partial charge in [0.1, 0.15) is 6.07 Å². The van der Waals surface area contributed by atoms with Crippen molar-refractivity contribution in [2.75, 3.05) is 0 Å². The molecule has 1 heterocycles. The minimum Gasteiger partial charge on any atom is -0.373 e. The molecule has 0 saturated carbocycles. The number of fused-ring (bicyclic) bond motifs is 1. The lowest BCUT2D eigenvalue weighted by Gasteiger charge is -2.05. The van der Waals surface area contributed by atoms with E-state index in [-0.39, 0.29) is 5.69 Å². The summed E-state index contributed by atoms with van der Waals surface area (Å²) in [4.78, 5) is 24.9. The Labute approximate surface area is 95.9 Å². The van der Waals surface area contributed by atoms with Crippen molar-refractivity contribution >= 4 is 17.1 Å². The Hall–Kier alpha value is -2.45. The van der Waals surface area contributed by atoms with Crippen LogP contribution in [0.25, 0.3) is 10.8 Å². The molecule has 84 valence electrons. The van der Waals surface area contributed by atoms with Crippen LogP contribution in [-0.2, 0) is 0 Å². The highest BCUT2D eigenvalue weighted by Gasteiger charge is 2.11. The van der Waals surface area contributed by atoms with Crippen LogP contribution in [-0.4, -0.2) is 16.4 Å². The number of nitrogens with one attached hydrogen (secondary N) is 1. The summed E-state index contributed by atoms with van der Waals surface area (Å²) < 4.78 is 0. The second-order valence-corrected chi connectivity index (χ2v) is 3.51. The molecule has 1 aromatic heterocycles. The topological polar surface area (TPSA) is 93.9 Å². The zero-order valence-electron chi connectivity index (χ0n) is 8.68. The smallest absolute Gasteiger partial charge is 0.256 e. The zero-order valence-corrected chi connectivity index (χ0v) is 8.68. The molecule has 0 aliphatic carbocycles.